The molecule has 2 N–H and O–H groups in total. The first-order valence-corrected chi connectivity index (χ1v) is 6.86. The van der Waals surface area contributed by atoms with Crippen molar-refractivity contribution in [2.45, 2.75) is 13.8 Å². The molecule has 1 amide bonds. The van der Waals surface area contributed by atoms with Crippen molar-refractivity contribution < 1.29 is 14.7 Å². The van der Waals surface area contributed by atoms with Crippen molar-refractivity contribution in [2.75, 3.05) is 5.32 Å². The molecule has 1 aromatic heterocycles. The number of carboxylic acids is 1. The molecule has 0 atom stereocenters. The van der Waals surface area contributed by atoms with Crippen LogP contribution < -0.4 is 5.32 Å². The molecule has 1 heterocycles. The lowest BCUT2D eigenvalue weighted by Gasteiger charge is -2.07. The van der Waals surface area contributed by atoms with Crippen LogP contribution in [0.2, 0.25) is 5.02 Å². The summed E-state index contributed by atoms with van der Waals surface area (Å²) in [7, 11) is 0. The van der Waals surface area contributed by atoms with E-state index in [9.17, 15) is 9.59 Å². The van der Waals surface area contributed by atoms with Crippen molar-refractivity contribution in [3.8, 4) is 0 Å². The van der Waals surface area contributed by atoms with Crippen LogP contribution in [0.15, 0.2) is 18.2 Å². The number of hydrogen-bond acceptors (Lipinski definition) is 4. The maximum absolute atomic E-state index is 12.1. The highest BCUT2D eigenvalue weighted by atomic mass is 35.5. The number of thiazole rings is 1. The fraction of sp³-hybridized carbons (Fsp3) is 0.154. The Morgan fingerprint density at radius 3 is 2.60 bits per heavy atom. The third-order valence-electron chi connectivity index (χ3n) is 2.57. The fourth-order valence-corrected chi connectivity index (χ4v) is 2.66. The van der Waals surface area contributed by atoms with E-state index in [4.69, 9.17) is 16.7 Å². The van der Waals surface area contributed by atoms with E-state index in [2.05, 4.69) is 10.3 Å². The van der Waals surface area contributed by atoms with Crippen molar-refractivity contribution in [3.05, 3.63) is 44.4 Å². The van der Waals surface area contributed by atoms with E-state index in [1.165, 1.54) is 29.5 Å². The number of nitrogens with one attached hydrogen (secondary N) is 1. The summed E-state index contributed by atoms with van der Waals surface area (Å²) in [6.45, 7) is 3.56. The lowest BCUT2D eigenvalue weighted by molar-refractivity contribution is 0.0696. The Morgan fingerprint density at radius 2 is 2.05 bits per heavy atom. The number of aromatic carboxylic acids is 1. The van der Waals surface area contributed by atoms with Crippen LogP contribution in [-0.2, 0) is 0 Å². The summed E-state index contributed by atoms with van der Waals surface area (Å²) >= 11 is 7.23. The van der Waals surface area contributed by atoms with Gasteiger partial charge in [0.2, 0.25) is 0 Å². The van der Waals surface area contributed by atoms with Crippen LogP contribution in [0.3, 0.4) is 0 Å². The summed E-state index contributed by atoms with van der Waals surface area (Å²) < 4.78 is 0. The minimum atomic E-state index is -1.08. The monoisotopic (exact) mass is 310 g/mol. The average molecular weight is 311 g/mol. The number of hydrogen-bond donors (Lipinski definition) is 2. The van der Waals surface area contributed by atoms with Crippen molar-refractivity contribution in [1.82, 2.24) is 4.98 Å². The van der Waals surface area contributed by atoms with Gasteiger partial charge in [-0.05, 0) is 32.0 Å². The molecule has 0 aliphatic rings. The standard InChI is InChI=1S/C13H11ClN2O3S/c1-6-11(20-7(2)15-6)12(17)16-10-5-8(13(18)19)3-4-9(10)14/h3-5H,1-2H3,(H,16,17)(H,18,19). The Balaban J connectivity index is 2.30. The number of carbonyl (C=O) groups is 2. The van der Waals surface area contributed by atoms with E-state index in [1.54, 1.807) is 6.92 Å². The third kappa shape index (κ3) is 2.97. The largest absolute Gasteiger partial charge is 0.478 e. The Kier molecular flexibility index (Phi) is 4.06. The summed E-state index contributed by atoms with van der Waals surface area (Å²) in [5.41, 5.74) is 0.958. The molecule has 5 nitrogen and oxygen atoms in total. The van der Waals surface area contributed by atoms with Gasteiger partial charge in [0.1, 0.15) is 4.88 Å². The molecule has 0 radical (unpaired) electrons. The van der Waals surface area contributed by atoms with E-state index >= 15 is 0 Å². The van der Waals surface area contributed by atoms with Gasteiger partial charge in [0.15, 0.2) is 0 Å². The second-order valence-corrected chi connectivity index (χ2v) is 5.71. The van der Waals surface area contributed by atoms with Gasteiger partial charge in [0, 0.05) is 0 Å². The predicted octanol–water partition coefficient (Wildman–Crippen LogP) is 3.36. The zero-order valence-corrected chi connectivity index (χ0v) is 12.3. The predicted molar refractivity (Wildman–Crippen MR) is 78.0 cm³/mol. The highest BCUT2D eigenvalue weighted by Crippen LogP contribution is 2.25. The molecule has 0 aliphatic heterocycles. The smallest absolute Gasteiger partial charge is 0.335 e. The molecular weight excluding hydrogens is 300 g/mol. The summed E-state index contributed by atoms with van der Waals surface area (Å²) in [5.74, 6) is -1.43. The number of benzene rings is 1. The normalized spacial score (nSPS) is 10.3. The number of halogens is 1. The quantitative estimate of drug-likeness (QED) is 0.911. The average Bonchev–Trinajstić information content (AvgIpc) is 2.71. The molecule has 104 valence electrons. The molecule has 0 spiro atoms. The minimum Gasteiger partial charge on any atom is -0.478 e. The second-order valence-electron chi connectivity index (χ2n) is 4.10. The van der Waals surface area contributed by atoms with Gasteiger partial charge in [-0.25, -0.2) is 9.78 Å². The Bertz CT molecular complexity index is 697. The molecule has 2 aromatic rings. The van der Waals surface area contributed by atoms with Crippen LogP contribution in [0, 0.1) is 13.8 Å². The molecule has 0 fully saturated rings. The highest BCUT2D eigenvalue weighted by Gasteiger charge is 2.16. The van der Waals surface area contributed by atoms with Crippen LogP contribution in [0.1, 0.15) is 30.7 Å². The van der Waals surface area contributed by atoms with E-state index in [-0.39, 0.29) is 22.2 Å². The van der Waals surface area contributed by atoms with Crippen LogP contribution in [0.4, 0.5) is 5.69 Å². The van der Waals surface area contributed by atoms with Crippen LogP contribution in [0.5, 0.6) is 0 Å². The number of amides is 1. The molecule has 0 saturated heterocycles. The topological polar surface area (TPSA) is 79.3 Å². The minimum absolute atomic E-state index is 0.0573. The van der Waals surface area contributed by atoms with E-state index in [0.29, 0.717) is 10.6 Å². The van der Waals surface area contributed by atoms with Crippen LogP contribution >= 0.6 is 22.9 Å². The summed E-state index contributed by atoms with van der Waals surface area (Å²) in [5, 5.41) is 12.6. The molecule has 7 heteroatoms. The first-order chi connectivity index (χ1) is 9.38. The molecule has 0 aliphatic carbocycles. The molecule has 0 bridgehead atoms. The number of aromatic nitrogens is 1. The number of carboxylic acid groups (broad SMARTS) is 1. The zero-order chi connectivity index (χ0) is 14.9. The maximum Gasteiger partial charge on any atom is 0.335 e. The summed E-state index contributed by atoms with van der Waals surface area (Å²) in [4.78, 5) is 27.7. The Labute approximate surface area is 124 Å². The number of carbonyl (C=O) groups excluding carboxylic acids is 1. The molecule has 2 rings (SSSR count). The zero-order valence-electron chi connectivity index (χ0n) is 10.7. The van der Waals surface area contributed by atoms with Crippen LogP contribution in [-0.4, -0.2) is 22.0 Å². The first kappa shape index (κ1) is 14.5. The first-order valence-electron chi connectivity index (χ1n) is 5.66. The van der Waals surface area contributed by atoms with E-state index < -0.39 is 5.97 Å². The van der Waals surface area contributed by atoms with Gasteiger partial charge in [-0.15, -0.1) is 11.3 Å². The third-order valence-corrected chi connectivity index (χ3v) is 3.97. The number of rotatable bonds is 3. The Morgan fingerprint density at radius 1 is 1.35 bits per heavy atom. The number of anilines is 1. The van der Waals surface area contributed by atoms with Gasteiger partial charge in [0.25, 0.3) is 5.91 Å². The lowest BCUT2D eigenvalue weighted by Crippen LogP contribution is -2.12. The van der Waals surface area contributed by atoms with Crippen molar-refractivity contribution in [2.24, 2.45) is 0 Å². The fourth-order valence-electron chi connectivity index (χ4n) is 1.68. The van der Waals surface area contributed by atoms with Gasteiger partial charge in [-0.3, -0.25) is 4.79 Å². The summed E-state index contributed by atoms with van der Waals surface area (Å²) in [6, 6.07) is 4.14. The molecule has 20 heavy (non-hydrogen) atoms. The van der Waals surface area contributed by atoms with E-state index in [0.717, 1.165) is 5.01 Å². The maximum atomic E-state index is 12.1. The van der Waals surface area contributed by atoms with Crippen molar-refractivity contribution in [1.29, 1.82) is 0 Å². The molecular formula is C13H11ClN2O3S. The van der Waals surface area contributed by atoms with Gasteiger partial charge in [0.05, 0.1) is 27.0 Å². The van der Waals surface area contributed by atoms with Gasteiger partial charge < -0.3 is 10.4 Å². The lowest BCUT2D eigenvalue weighted by atomic mass is 10.2. The highest BCUT2D eigenvalue weighted by molar-refractivity contribution is 7.13. The number of nitrogens with zero attached hydrogens (tertiary/aromatic N) is 1. The van der Waals surface area contributed by atoms with Crippen LogP contribution in [0.25, 0.3) is 0 Å². The molecule has 0 saturated carbocycles. The van der Waals surface area contributed by atoms with E-state index in [1.807, 2.05) is 6.92 Å². The van der Waals surface area contributed by atoms with Gasteiger partial charge >= 0.3 is 5.97 Å². The van der Waals surface area contributed by atoms with Crippen molar-refractivity contribution in [3.63, 3.8) is 0 Å². The van der Waals surface area contributed by atoms with Crippen molar-refractivity contribution >= 4 is 40.5 Å². The van der Waals surface area contributed by atoms with Gasteiger partial charge in [-0.1, -0.05) is 11.6 Å². The number of aryl methyl sites for hydroxylation is 2. The Hall–Kier alpha value is -1.92. The molecule has 1 aromatic carbocycles. The molecule has 0 unspecified atom stereocenters. The SMILES string of the molecule is Cc1nc(C)c(C(=O)Nc2cc(C(=O)O)ccc2Cl)s1. The van der Waals surface area contributed by atoms with Gasteiger partial charge in [-0.2, -0.15) is 0 Å². The second kappa shape index (κ2) is 5.60. The summed E-state index contributed by atoms with van der Waals surface area (Å²) in [6.07, 6.45) is 0.